The van der Waals surface area contributed by atoms with E-state index in [1.807, 2.05) is 0 Å². The number of hydrogen-bond donors (Lipinski definition) is 1. The Morgan fingerprint density at radius 2 is 2.17 bits per heavy atom. The molecule has 6 heavy (non-hydrogen) atoms. The third-order valence-electron chi connectivity index (χ3n) is 0.449. The topological polar surface area (TPSA) is 43.1 Å². The van der Waals surface area contributed by atoms with Crippen LogP contribution in [0.2, 0.25) is 0 Å². The average molecular weight is 82.9 g/mol. The summed E-state index contributed by atoms with van der Waals surface area (Å²) in [5.74, 6) is 0. The van der Waals surface area contributed by atoms with Crippen LogP contribution in [-0.4, -0.2) is 19.6 Å². The molecule has 0 saturated carbocycles. The van der Waals surface area contributed by atoms with Gasteiger partial charge in [0.05, 0.1) is 5.68 Å². The van der Waals surface area contributed by atoms with E-state index in [1.165, 1.54) is 0 Å². The Hall–Kier alpha value is -0.305. The molecule has 0 saturated heterocycles. The van der Waals surface area contributed by atoms with E-state index in [-0.39, 0.29) is 0 Å². The maximum absolute atomic E-state index is 9.80. The molecule has 0 aromatic rings. The van der Waals surface area contributed by atoms with E-state index < -0.39 is 11.7 Å². The fraction of sp³-hybridized carbons (Fsp3) is 0.667. The first-order chi connectivity index (χ1) is 2.64. The molecule has 0 aromatic carbocycles. The van der Waals surface area contributed by atoms with E-state index >= 15 is 0 Å². The van der Waals surface area contributed by atoms with Gasteiger partial charge in [0.15, 0.2) is 7.85 Å². The Morgan fingerprint density at radius 3 is 2.17 bits per heavy atom. The molecule has 32 valence electrons. The van der Waals surface area contributed by atoms with Gasteiger partial charge in [-0.2, -0.15) is 0 Å². The molecule has 3 heteroatoms. The van der Waals surface area contributed by atoms with E-state index in [1.54, 1.807) is 6.92 Å². The highest BCUT2D eigenvalue weighted by Crippen LogP contribution is 1.67. The lowest BCUT2D eigenvalue weighted by Gasteiger charge is -1.92. The summed E-state index contributed by atoms with van der Waals surface area (Å²) in [6, 6.07) is -0.509. The monoisotopic (exact) mass is 83.1 g/mol. The smallest absolute Gasteiger partial charge is 0.170 e. The molecule has 0 heterocycles. The Kier molecular flexibility index (Phi) is 1.88. The van der Waals surface area contributed by atoms with Crippen molar-refractivity contribution >= 4 is 13.5 Å². The molecule has 1 atom stereocenters. The molecule has 0 aliphatic carbocycles. The minimum atomic E-state index is -0.509. The lowest BCUT2D eigenvalue weighted by Crippen LogP contribution is -2.26. The molecule has 0 rings (SSSR count). The van der Waals surface area contributed by atoms with Gasteiger partial charge in [-0.1, -0.05) is 0 Å². The normalized spacial score (nSPS) is 13.7. The van der Waals surface area contributed by atoms with Crippen molar-refractivity contribution < 1.29 is 4.79 Å². The van der Waals surface area contributed by atoms with Gasteiger partial charge in [0.1, 0.15) is 0 Å². The Bertz CT molecular complexity index is 61.8. The highest BCUT2D eigenvalue weighted by Gasteiger charge is 1.94. The summed E-state index contributed by atoms with van der Waals surface area (Å²) in [4.78, 5) is 9.80. The van der Waals surface area contributed by atoms with Gasteiger partial charge in [-0.05, 0) is 6.92 Å². The molecule has 0 aromatic heterocycles. The molecular weight excluding hydrogens is 76.9 g/mol. The van der Waals surface area contributed by atoms with Crippen LogP contribution in [0.5, 0.6) is 0 Å². The van der Waals surface area contributed by atoms with Crippen molar-refractivity contribution in [3.63, 3.8) is 0 Å². The highest BCUT2D eigenvalue weighted by molar-refractivity contribution is 6.58. The van der Waals surface area contributed by atoms with Gasteiger partial charge in [0.2, 0.25) is 0 Å². The van der Waals surface area contributed by atoms with Crippen molar-refractivity contribution in [3.05, 3.63) is 0 Å². The predicted octanol–water partition coefficient (Wildman–Crippen LogP) is -0.971. The van der Waals surface area contributed by atoms with Crippen LogP contribution in [-0.2, 0) is 4.79 Å². The van der Waals surface area contributed by atoms with Crippen LogP contribution in [0.25, 0.3) is 0 Å². The maximum Gasteiger partial charge on any atom is 0.170 e. The number of carbonyl (C=O) groups is 1. The summed E-state index contributed by atoms with van der Waals surface area (Å²) in [6.07, 6.45) is 0. The minimum Gasteiger partial charge on any atom is -0.323 e. The zero-order valence-electron chi connectivity index (χ0n) is 3.64. The van der Waals surface area contributed by atoms with Crippen molar-refractivity contribution in [2.45, 2.75) is 13.0 Å². The molecule has 0 aliphatic heterocycles. The molecule has 0 unspecified atom stereocenters. The summed E-state index contributed by atoms with van der Waals surface area (Å²) in [5.41, 5.74) is 4.50. The molecule has 0 aliphatic rings. The molecule has 0 spiro atoms. The second-order valence-corrected chi connectivity index (χ2v) is 1.19. The molecule has 0 amide bonds. The van der Waals surface area contributed by atoms with Crippen LogP contribution in [0.4, 0.5) is 0 Å². The van der Waals surface area contributed by atoms with Gasteiger partial charge in [-0.3, -0.25) is 0 Å². The minimum absolute atomic E-state index is 0.463. The Labute approximate surface area is 38.1 Å². The third-order valence-corrected chi connectivity index (χ3v) is 0.449. The lowest BCUT2D eigenvalue weighted by molar-refractivity contribution is -0.112. The van der Waals surface area contributed by atoms with Crippen LogP contribution in [0.3, 0.4) is 0 Å². The van der Waals surface area contributed by atoms with Crippen LogP contribution < -0.4 is 5.73 Å². The van der Waals surface area contributed by atoms with Gasteiger partial charge >= 0.3 is 0 Å². The van der Waals surface area contributed by atoms with Gasteiger partial charge in [-0.15, -0.1) is 0 Å². The highest BCUT2D eigenvalue weighted by atomic mass is 16.1. The Morgan fingerprint density at radius 1 is 2.00 bits per heavy atom. The molecule has 0 fully saturated rings. The molecule has 0 bridgehead atoms. The van der Waals surface area contributed by atoms with Crippen molar-refractivity contribution in [2.75, 3.05) is 0 Å². The predicted molar refractivity (Wildman–Crippen MR) is 24.4 cm³/mol. The second kappa shape index (κ2) is 1.98. The van der Waals surface area contributed by atoms with Gasteiger partial charge in [0, 0.05) is 6.04 Å². The maximum atomic E-state index is 9.80. The summed E-state index contributed by atoms with van der Waals surface area (Å²) in [7, 11) is 4.67. The van der Waals surface area contributed by atoms with E-state index in [0.717, 1.165) is 0 Å². The molecule has 2 nitrogen and oxygen atoms in total. The first-order valence-electron chi connectivity index (χ1n) is 1.69. The van der Waals surface area contributed by atoms with Crippen LogP contribution in [0.15, 0.2) is 0 Å². The summed E-state index contributed by atoms with van der Waals surface area (Å²) >= 11 is 0. The summed E-state index contributed by atoms with van der Waals surface area (Å²) in [6.45, 7) is 1.54. The number of nitrogens with two attached hydrogens (primary N) is 1. The SMILES string of the molecule is [B]C(=O)[C@H](C)N. The van der Waals surface area contributed by atoms with Gasteiger partial charge < -0.3 is 10.5 Å². The van der Waals surface area contributed by atoms with E-state index in [9.17, 15) is 4.79 Å². The molecule has 2 N–H and O–H groups in total. The van der Waals surface area contributed by atoms with Crippen molar-refractivity contribution in [2.24, 2.45) is 5.73 Å². The zero-order chi connectivity index (χ0) is 5.15. The third kappa shape index (κ3) is 1.97. The fourth-order valence-electron chi connectivity index (χ4n) is 0. The quantitative estimate of drug-likeness (QED) is 0.414. The van der Waals surface area contributed by atoms with E-state index in [0.29, 0.717) is 0 Å². The van der Waals surface area contributed by atoms with Crippen molar-refractivity contribution in [3.8, 4) is 0 Å². The van der Waals surface area contributed by atoms with Gasteiger partial charge in [0.25, 0.3) is 0 Å². The van der Waals surface area contributed by atoms with Crippen molar-refractivity contribution in [1.29, 1.82) is 0 Å². The van der Waals surface area contributed by atoms with E-state index in [4.69, 9.17) is 5.73 Å². The number of carbonyl (C=O) groups excluding carboxylic acids is 1. The van der Waals surface area contributed by atoms with Crippen LogP contribution in [0, 0.1) is 0 Å². The first kappa shape index (κ1) is 5.69. The Balaban J connectivity index is 3.26. The molecule has 2 radical (unpaired) electrons. The fourth-order valence-corrected chi connectivity index (χ4v) is 0. The number of hydrogen-bond acceptors (Lipinski definition) is 2. The van der Waals surface area contributed by atoms with Crippen LogP contribution >= 0.6 is 0 Å². The largest absolute Gasteiger partial charge is 0.323 e. The first-order valence-corrected chi connectivity index (χ1v) is 1.69. The second-order valence-electron chi connectivity index (χ2n) is 1.19. The summed E-state index contributed by atoms with van der Waals surface area (Å²) < 4.78 is 0. The zero-order valence-corrected chi connectivity index (χ0v) is 3.64. The van der Waals surface area contributed by atoms with E-state index in [2.05, 4.69) is 7.85 Å². The average Bonchev–Trinajstić information content (AvgIpc) is 1.36. The lowest BCUT2D eigenvalue weighted by atomic mass is 9.97. The van der Waals surface area contributed by atoms with Gasteiger partial charge in [-0.25, -0.2) is 0 Å². The standard InChI is InChI=1S/C3H6BNO/c1-2(5)3(4)6/h2H,5H2,1H3/t2-/m0/s1. The van der Waals surface area contributed by atoms with Crippen molar-refractivity contribution in [1.82, 2.24) is 0 Å². The van der Waals surface area contributed by atoms with Crippen LogP contribution in [0.1, 0.15) is 6.92 Å². The number of rotatable bonds is 1. The summed E-state index contributed by atoms with van der Waals surface area (Å²) in [5, 5.41) is 0. The molecular formula is C3H6BNO.